The van der Waals surface area contributed by atoms with E-state index in [9.17, 15) is 4.79 Å². The fraction of sp³-hybridized carbons (Fsp3) is 0.235. The van der Waals surface area contributed by atoms with E-state index in [0.29, 0.717) is 6.42 Å². The molecule has 0 aliphatic carbocycles. The van der Waals surface area contributed by atoms with Gasteiger partial charge in [-0.2, -0.15) is 0 Å². The standard InChI is InChI=1S/C17H16O2/c18-16(8-6-13-4-2-1-3-5-13)14-7-9-17-15(12-14)10-11-19-17/h1-5,7,9,12H,6,8,10-11H2. The van der Waals surface area contributed by atoms with Crippen LogP contribution in [0, 0.1) is 0 Å². The van der Waals surface area contributed by atoms with Gasteiger partial charge in [0, 0.05) is 18.4 Å². The smallest absolute Gasteiger partial charge is 0.163 e. The van der Waals surface area contributed by atoms with E-state index >= 15 is 0 Å². The molecule has 1 heterocycles. The van der Waals surface area contributed by atoms with Crippen LogP contribution in [0.5, 0.6) is 5.75 Å². The van der Waals surface area contributed by atoms with E-state index in [1.165, 1.54) is 5.56 Å². The quantitative estimate of drug-likeness (QED) is 0.779. The Morgan fingerprint density at radius 3 is 2.79 bits per heavy atom. The molecule has 0 radical (unpaired) electrons. The first-order valence-corrected chi connectivity index (χ1v) is 6.66. The van der Waals surface area contributed by atoms with Gasteiger partial charge in [-0.3, -0.25) is 4.79 Å². The summed E-state index contributed by atoms with van der Waals surface area (Å²) in [6, 6.07) is 15.9. The van der Waals surface area contributed by atoms with Crippen molar-refractivity contribution in [2.45, 2.75) is 19.3 Å². The lowest BCUT2D eigenvalue weighted by atomic mass is 10.0. The second kappa shape index (κ2) is 5.27. The Labute approximate surface area is 113 Å². The van der Waals surface area contributed by atoms with Crippen LogP contribution in [0.25, 0.3) is 0 Å². The molecule has 2 aromatic rings. The SMILES string of the molecule is O=C(CCc1ccccc1)c1ccc2c(c1)CCO2. The lowest BCUT2D eigenvalue weighted by Crippen LogP contribution is -2.01. The number of carbonyl (C=O) groups excluding carboxylic acids is 1. The Bertz CT molecular complexity index is 587. The van der Waals surface area contributed by atoms with Crippen LogP contribution >= 0.6 is 0 Å². The normalized spacial score (nSPS) is 12.8. The van der Waals surface area contributed by atoms with E-state index in [0.717, 1.165) is 36.3 Å². The molecule has 0 fully saturated rings. The van der Waals surface area contributed by atoms with Crippen LogP contribution in [0.4, 0.5) is 0 Å². The van der Waals surface area contributed by atoms with E-state index in [2.05, 4.69) is 12.1 Å². The van der Waals surface area contributed by atoms with Crippen molar-refractivity contribution in [3.05, 3.63) is 65.2 Å². The maximum Gasteiger partial charge on any atom is 0.163 e. The third-order valence-corrected chi connectivity index (χ3v) is 3.49. The molecule has 0 atom stereocenters. The molecule has 2 aromatic carbocycles. The largest absolute Gasteiger partial charge is 0.493 e. The molecule has 0 bridgehead atoms. The Kier molecular flexibility index (Phi) is 3.32. The van der Waals surface area contributed by atoms with Crippen LogP contribution in [0.2, 0.25) is 0 Å². The molecule has 2 heteroatoms. The van der Waals surface area contributed by atoms with Gasteiger partial charge in [0.1, 0.15) is 5.75 Å². The molecule has 2 nitrogen and oxygen atoms in total. The van der Waals surface area contributed by atoms with Crippen molar-refractivity contribution < 1.29 is 9.53 Å². The molecule has 0 unspecified atom stereocenters. The first-order valence-electron chi connectivity index (χ1n) is 6.66. The highest BCUT2D eigenvalue weighted by molar-refractivity contribution is 5.96. The summed E-state index contributed by atoms with van der Waals surface area (Å²) < 4.78 is 5.45. The minimum Gasteiger partial charge on any atom is -0.493 e. The number of aryl methyl sites for hydroxylation is 1. The van der Waals surface area contributed by atoms with Gasteiger partial charge >= 0.3 is 0 Å². The number of rotatable bonds is 4. The molecule has 0 saturated carbocycles. The van der Waals surface area contributed by atoms with Gasteiger partial charge in [-0.05, 0) is 35.7 Å². The molecule has 0 N–H and O–H groups in total. The predicted molar refractivity (Wildman–Crippen MR) is 74.7 cm³/mol. The Balaban J connectivity index is 1.67. The summed E-state index contributed by atoms with van der Waals surface area (Å²) in [5, 5.41) is 0. The summed E-state index contributed by atoms with van der Waals surface area (Å²) in [6.07, 6.45) is 2.27. The first-order chi connectivity index (χ1) is 9.33. The molecule has 0 aromatic heterocycles. The van der Waals surface area contributed by atoms with Crippen molar-refractivity contribution in [3.8, 4) is 5.75 Å². The molecule has 19 heavy (non-hydrogen) atoms. The molecule has 0 amide bonds. The zero-order valence-corrected chi connectivity index (χ0v) is 10.8. The highest BCUT2D eigenvalue weighted by Gasteiger charge is 2.14. The van der Waals surface area contributed by atoms with Crippen LogP contribution in [-0.4, -0.2) is 12.4 Å². The Hall–Kier alpha value is -2.09. The summed E-state index contributed by atoms with van der Waals surface area (Å²) in [6.45, 7) is 0.733. The third kappa shape index (κ3) is 2.68. The monoisotopic (exact) mass is 252 g/mol. The fourth-order valence-corrected chi connectivity index (χ4v) is 2.41. The number of fused-ring (bicyclic) bond motifs is 1. The second-order valence-corrected chi connectivity index (χ2v) is 4.83. The summed E-state index contributed by atoms with van der Waals surface area (Å²) in [5.41, 5.74) is 3.17. The molecule has 1 aliphatic heterocycles. The molecule has 0 saturated heterocycles. The molecular formula is C17H16O2. The second-order valence-electron chi connectivity index (χ2n) is 4.83. The fourth-order valence-electron chi connectivity index (χ4n) is 2.41. The van der Waals surface area contributed by atoms with E-state index in [4.69, 9.17) is 4.74 Å². The molecule has 3 rings (SSSR count). The van der Waals surface area contributed by atoms with Gasteiger partial charge in [-0.15, -0.1) is 0 Å². The summed E-state index contributed by atoms with van der Waals surface area (Å²) in [4.78, 5) is 12.2. The van der Waals surface area contributed by atoms with Crippen molar-refractivity contribution in [3.63, 3.8) is 0 Å². The van der Waals surface area contributed by atoms with Gasteiger partial charge in [0.25, 0.3) is 0 Å². The van der Waals surface area contributed by atoms with Crippen LogP contribution < -0.4 is 4.74 Å². The highest BCUT2D eigenvalue weighted by Crippen LogP contribution is 2.26. The van der Waals surface area contributed by atoms with E-state index in [-0.39, 0.29) is 5.78 Å². The van der Waals surface area contributed by atoms with Gasteiger partial charge in [0.15, 0.2) is 5.78 Å². The molecule has 96 valence electrons. The molecule has 1 aliphatic rings. The third-order valence-electron chi connectivity index (χ3n) is 3.49. The van der Waals surface area contributed by atoms with E-state index < -0.39 is 0 Å². The lowest BCUT2D eigenvalue weighted by molar-refractivity contribution is 0.0983. The number of hydrogen-bond acceptors (Lipinski definition) is 2. The van der Waals surface area contributed by atoms with Gasteiger partial charge in [-0.1, -0.05) is 30.3 Å². The lowest BCUT2D eigenvalue weighted by Gasteiger charge is -2.04. The topological polar surface area (TPSA) is 26.3 Å². The van der Waals surface area contributed by atoms with E-state index in [1.807, 2.05) is 36.4 Å². The average molecular weight is 252 g/mol. The van der Waals surface area contributed by atoms with Crippen LogP contribution in [-0.2, 0) is 12.8 Å². The van der Waals surface area contributed by atoms with Crippen molar-refractivity contribution >= 4 is 5.78 Å². The summed E-state index contributed by atoms with van der Waals surface area (Å²) >= 11 is 0. The number of benzene rings is 2. The summed E-state index contributed by atoms with van der Waals surface area (Å²) in [7, 11) is 0. The zero-order chi connectivity index (χ0) is 13.1. The highest BCUT2D eigenvalue weighted by atomic mass is 16.5. The van der Waals surface area contributed by atoms with Crippen LogP contribution in [0.15, 0.2) is 48.5 Å². The average Bonchev–Trinajstić information content (AvgIpc) is 2.93. The van der Waals surface area contributed by atoms with Gasteiger partial charge in [0.2, 0.25) is 0 Å². The zero-order valence-electron chi connectivity index (χ0n) is 10.8. The van der Waals surface area contributed by atoms with Gasteiger partial charge in [-0.25, -0.2) is 0 Å². The van der Waals surface area contributed by atoms with Crippen LogP contribution in [0.3, 0.4) is 0 Å². The molecular weight excluding hydrogens is 236 g/mol. The predicted octanol–water partition coefficient (Wildman–Crippen LogP) is 3.44. The van der Waals surface area contributed by atoms with Crippen LogP contribution in [0.1, 0.15) is 27.9 Å². The Morgan fingerprint density at radius 2 is 1.95 bits per heavy atom. The van der Waals surface area contributed by atoms with E-state index in [1.54, 1.807) is 0 Å². The minimum absolute atomic E-state index is 0.207. The Morgan fingerprint density at radius 1 is 1.11 bits per heavy atom. The van der Waals surface area contributed by atoms with Crippen molar-refractivity contribution in [2.24, 2.45) is 0 Å². The minimum atomic E-state index is 0.207. The summed E-state index contributed by atoms with van der Waals surface area (Å²) in [5.74, 6) is 1.14. The number of carbonyl (C=O) groups is 1. The number of ether oxygens (including phenoxy) is 1. The maximum atomic E-state index is 12.2. The van der Waals surface area contributed by atoms with Gasteiger partial charge < -0.3 is 4.74 Å². The van der Waals surface area contributed by atoms with Crippen molar-refractivity contribution in [1.29, 1.82) is 0 Å². The van der Waals surface area contributed by atoms with Crippen molar-refractivity contribution in [1.82, 2.24) is 0 Å². The number of hydrogen-bond donors (Lipinski definition) is 0. The number of Topliss-reactive ketones (excluding diaryl/α,β-unsaturated/α-hetero) is 1. The van der Waals surface area contributed by atoms with Crippen molar-refractivity contribution in [2.75, 3.05) is 6.61 Å². The van der Waals surface area contributed by atoms with Gasteiger partial charge in [0.05, 0.1) is 6.61 Å². The molecule has 0 spiro atoms. The maximum absolute atomic E-state index is 12.2. The first kappa shape index (κ1) is 12.0. The number of ketones is 1.